The van der Waals surface area contributed by atoms with Crippen molar-refractivity contribution in [3.63, 3.8) is 0 Å². The molecule has 2 N–H and O–H groups in total. The van der Waals surface area contributed by atoms with Crippen LogP contribution in [0.5, 0.6) is 0 Å². The number of carbonyl (C=O) groups excluding carboxylic acids is 3. The average molecular weight is 552 g/mol. The lowest BCUT2D eigenvalue weighted by Gasteiger charge is -2.47. The summed E-state index contributed by atoms with van der Waals surface area (Å²) in [6.45, 7) is 4.11. The number of nitrogens with zero attached hydrogens (tertiary/aromatic N) is 1. The predicted octanol–water partition coefficient (Wildman–Crippen LogP) is 4.10. The molecule has 37 heavy (non-hydrogen) atoms. The second-order valence-electron chi connectivity index (χ2n) is 10.8. The predicted molar refractivity (Wildman–Crippen MR) is 131 cm³/mol. The van der Waals surface area contributed by atoms with E-state index in [0.717, 1.165) is 28.5 Å². The van der Waals surface area contributed by atoms with Gasteiger partial charge < -0.3 is 10.3 Å². The van der Waals surface area contributed by atoms with E-state index in [1.807, 2.05) is 0 Å². The molecular formula is C25H24F3N3O4S2. The van der Waals surface area contributed by atoms with Crippen molar-refractivity contribution in [2.24, 2.45) is 29.6 Å². The van der Waals surface area contributed by atoms with E-state index in [9.17, 15) is 32.3 Å². The Morgan fingerprint density at radius 1 is 1.16 bits per heavy atom. The van der Waals surface area contributed by atoms with Crippen LogP contribution in [0.1, 0.15) is 37.1 Å². The topological polar surface area (TPSA) is 99.3 Å². The number of aromatic nitrogens is 1. The normalized spacial score (nSPS) is 31.3. The maximum atomic E-state index is 13.4. The average Bonchev–Trinajstić information content (AvgIpc) is 3.54. The smallest absolute Gasteiger partial charge is 0.326 e. The van der Waals surface area contributed by atoms with Crippen LogP contribution >= 0.6 is 23.1 Å². The molecular weight excluding hydrogens is 527 g/mol. The van der Waals surface area contributed by atoms with Gasteiger partial charge in [-0.05, 0) is 42.4 Å². The van der Waals surface area contributed by atoms with Gasteiger partial charge in [-0.1, -0.05) is 31.3 Å². The molecule has 6 atom stereocenters. The molecule has 196 valence electrons. The molecule has 12 heteroatoms. The molecule has 1 aromatic heterocycles. The van der Waals surface area contributed by atoms with E-state index in [0.29, 0.717) is 0 Å². The highest BCUT2D eigenvalue weighted by Gasteiger charge is 2.70. The zero-order valence-electron chi connectivity index (χ0n) is 19.9. The number of thiazole rings is 1. The summed E-state index contributed by atoms with van der Waals surface area (Å²) in [5.74, 6) is -1.77. The van der Waals surface area contributed by atoms with E-state index in [1.165, 1.54) is 28.4 Å². The fourth-order valence-electron chi connectivity index (χ4n) is 7.15. The Hall–Kier alpha value is -2.60. The van der Waals surface area contributed by atoms with Crippen molar-refractivity contribution in [2.45, 2.75) is 48.6 Å². The largest absolute Gasteiger partial charge is 0.416 e. The molecule has 0 unspecified atom stereocenters. The fourth-order valence-corrected chi connectivity index (χ4v) is 10.3. The van der Waals surface area contributed by atoms with Crippen molar-refractivity contribution in [2.75, 3.05) is 11.9 Å². The second-order valence-corrected chi connectivity index (χ2v) is 13.0. The van der Waals surface area contributed by atoms with Gasteiger partial charge in [-0.2, -0.15) is 13.2 Å². The number of likely N-dealkylation sites (tertiary alicyclic amines) is 1. The standard InChI is InChI=1S/C25H24F3N3O4S2/c1-24(2)17-12-9-13(18(17)36-20-19(24)37-23(35)30-20)16-15(12)21(33)31(22(16)34)7-6-14(32)29-11-5-3-4-10(8-11)25(26,27)28/h3-5,8,12-13,15-18H,6-7,9H2,1-2H3,(H,29,32)(H,30,35)/t12-,13-,15-,16-,17+,18+/m0/s1. The number of H-pyrrole nitrogens is 1. The third kappa shape index (κ3) is 3.70. The highest BCUT2D eigenvalue weighted by molar-refractivity contribution is 8.00. The number of imide groups is 1. The van der Waals surface area contributed by atoms with Crippen molar-refractivity contribution >= 4 is 46.5 Å². The number of amides is 3. The van der Waals surface area contributed by atoms with Gasteiger partial charge in [0.05, 0.1) is 22.4 Å². The maximum absolute atomic E-state index is 13.4. The number of rotatable bonds is 4. The van der Waals surface area contributed by atoms with Crippen LogP contribution in [0.15, 0.2) is 34.1 Å². The number of carbonyl (C=O) groups is 3. The first-order valence-electron chi connectivity index (χ1n) is 12.1. The monoisotopic (exact) mass is 551 g/mol. The van der Waals surface area contributed by atoms with Crippen molar-refractivity contribution in [3.8, 4) is 0 Å². The van der Waals surface area contributed by atoms with E-state index >= 15 is 0 Å². The highest BCUT2D eigenvalue weighted by Crippen LogP contribution is 2.68. The Kier molecular flexibility index (Phi) is 5.48. The number of hydrogen-bond donors (Lipinski definition) is 2. The first kappa shape index (κ1) is 24.7. The van der Waals surface area contributed by atoms with Gasteiger partial charge >= 0.3 is 11.0 Å². The van der Waals surface area contributed by atoms with Gasteiger partial charge in [-0.3, -0.25) is 24.1 Å². The lowest BCUT2D eigenvalue weighted by molar-refractivity contribution is -0.141. The molecule has 3 fully saturated rings. The number of hydrogen-bond acceptors (Lipinski definition) is 6. The summed E-state index contributed by atoms with van der Waals surface area (Å²) < 4.78 is 38.8. The summed E-state index contributed by atoms with van der Waals surface area (Å²) in [6, 6.07) is 4.32. The van der Waals surface area contributed by atoms with Crippen LogP contribution in [0.2, 0.25) is 0 Å². The third-order valence-electron chi connectivity index (χ3n) is 8.52. The van der Waals surface area contributed by atoms with Crippen LogP contribution in [0.3, 0.4) is 0 Å². The van der Waals surface area contributed by atoms with Crippen molar-refractivity contribution < 1.29 is 27.6 Å². The Balaban J connectivity index is 1.16. The van der Waals surface area contributed by atoms with Gasteiger partial charge in [0.1, 0.15) is 0 Å². The van der Waals surface area contributed by atoms with Crippen LogP contribution in [0, 0.1) is 29.6 Å². The Bertz CT molecular complexity index is 1380. The number of nitrogens with one attached hydrogen (secondary N) is 2. The summed E-state index contributed by atoms with van der Waals surface area (Å²) in [5, 5.41) is 3.42. The summed E-state index contributed by atoms with van der Waals surface area (Å²) in [4.78, 5) is 56.3. The zero-order valence-corrected chi connectivity index (χ0v) is 21.6. The molecule has 2 aromatic rings. The first-order valence-corrected chi connectivity index (χ1v) is 13.8. The molecule has 0 spiro atoms. The lowest BCUT2D eigenvalue weighted by atomic mass is 9.64. The van der Waals surface area contributed by atoms with E-state index in [2.05, 4.69) is 24.1 Å². The fraction of sp³-hybridized carbons (Fsp3) is 0.520. The van der Waals surface area contributed by atoms with Crippen molar-refractivity contribution in [1.82, 2.24) is 9.88 Å². The van der Waals surface area contributed by atoms with Gasteiger partial charge in [0.2, 0.25) is 17.7 Å². The van der Waals surface area contributed by atoms with E-state index in [-0.39, 0.29) is 63.8 Å². The minimum Gasteiger partial charge on any atom is -0.326 e. The number of fused-ring (bicyclic) bond motifs is 9. The van der Waals surface area contributed by atoms with Crippen LogP contribution in [-0.4, -0.2) is 39.4 Å². The minimum atomic E-state index is -4.53. The van der Waals surface area contributed by atoms with Crippen LogP contribution < -0.4 is 10.2 Å². The quantitative estimate of drug-likeness (QED) is 0.558. The summed E-state index contributed by atoms with van der Waals surface area (Å²) in [5.41, 5.74) is -1.18. The van der Waals surface area contributed by atoms with Crippen molar-refractivity contribution in [3.05, 3.63) is 44.4 Å². The van der Waals surface area contributed by atoms with E-state index in [4.69, 9.17) is 0 Å². The molecule has 0 radical (unpaired) electrons. The molecule has 3 heterocycles. The Morgan fingerprint density at radius 2 is 1.86 bits per heavy atom. The number of halogens is 3. The molecule has 4 aliphatic rings. The minimum absolute atomic E-state index is 0.00246. The summed E-state index contributed by atoms with van der Waals surface area (Å²) in [7, 11) is 0. The Labute approximate surface area is 218 Å². The molecule has 1 saturated heterocycles. The first-order chi connectivity index (χ1) is 17.4. The summed E-state index contributed by atoms with van der Waals surface area (Å²) >= 11 is 2.83. The molecule has 7 nitrogen and oxygen atoms in total. The van der Waals surface area contributed by atoms with Crippen LogP contribution in [0.25, 0.3) is 0 Å². The maximum Gasteiger partial charge on any atom is 0.416 e. The van der Waals surface area contributed by atoms with E-state index in [1.54, 1.807) is 11.8 Å². The number of anilines is 1. The van der Waals surface area contributed by atoms with Gasteiger partial charge in [0.15, 0.2) is 0 Å². The Morgan fingerprint density at radius 3 is 2.57 bits per heavy atom. The van der Waals surface area contributed by atoms with Crippen LogP contribution in [-0.2, 0) is 26.0 Å². The third-order valence-corrected chi connectivity index (χ3v) is 11.3. The van der Waals surface area contributed by atoms with Gasteiger partial charge in [0, 0.05) is 34.2 Å². The summed E-state index contributed by atoms with van der Waals surface area (Å²) in [6.07, 6.45) is -3.94. The molecule has 6 rings (SSSR count). The molecule has 2 aliphatic heterocycles. The molecule has 1 aromatic carbocycles. The molecule has 2 saturated carbocycles. The zero-order chi connectivity index (χ0) is 26.4. The van der Waals surface area contributed by atoms with Gasteiger partial charge in [-0.15, -0.1) is 11.8 Å². The van der Waals surface area contributed by atoms with Crippen molar-refractivity contribution in [1.29, 1.82) is 0 Å². The van der Waals surface area contributed by atoms with Gasteiger partial charge in [-0.25, -0.2) is 0 Å². The lowest BCUT2D eigenvalue weighted by Crippen LogP contribution is -2.48. The number of thioether (sulfide) groups is 1. The molecule has 3 amide bonds. The second kappa shape index (κ2) is 8.20. The SMILES string of the molecule is CC1(C)c2sc(=O)[nH]c2S[C@@H]2[C@H]3C[C@@H]([C@@H]4C(=O)N(CCC(=O)Nc5cccc(C(F)(F)F)c5)C(=O)[C@@H]34)[C@H]21. The number of aromatic amines is 1. The van der Waals surface area contributed by atoms with Gasteiger partial charge in [0.25, 0.3) is 0 Å². The number of benzene rings is 1. The number of alkyl halides is 3. The van der Waals surface area contributed by atoms with E-state index < -0.39 is 29.5 Å². The highest BCUT2D eigenvalue weighted by atomic mass is 32.2. The van der Waals surface area contributed by atoms with Crippen LogP contribution in [0.4, 0.5) is 18.9 Å². The molecule has 2 aliphatic carbocycles. The molecule has 2 bridgehead atoms.